The number of hydrogen-bond donors (Lipinski definition) is 2. The van der Waals surface area contributed by atoms with Gasteiger partial charge in [-0.1, -0.05) is 6.07 Å². The number of benzene rings is 1. The molecule has 0 aliphatic carbocycles. The van der Waals surface area contributed by atoms with E-state index in [1.54, 1.807) is 7.11 Å². The van der Waals surface area contributed by atoms with Crippen molar-refractivity contribution < 1.29 is 4.74 Å². The van der Waals surface area contributed by atoms with Crippen LogP contribution in [0.15, 0.2) is 12.1 Å². The van der Waals surface area contributed by atoms with Crippen molar-refractivity contribution >= 4 is 0 Å². The van der Waals surface area contributed by atoms with E-state index >= 15 is 0 Å². The largest absolute Gasteiger partial charge is 0.496 e. The van der Waals surface area contributed by atoms with Crippen LogP contribution in [0.2, 0.25) is 0 Å². The number of nitrogens with one attached hydrogen (secondary N) is 1. The quantitative estimate of drug-likeness (QED) is 0.761. The Morgan fingerprint density at radius 2 is 1.83 bits per heavy atom. The first-order valence-electron chi connectivity index (χ1n) is 6.47. The first-order valence-corrected chi connectivity index (χ1v) is 6.47. The Morgan fingerprint density at radius 3 is 2.39 bits per heavy atom. The Morgan fingerprint density at radius 1 is 1.22 bits per heavy atom. The summed E-state index contributed by atoms with van der Waals surface area (Å²) < 4.78 is 5.43. The molecule has 1 rings (SSSR count). The van der Waals surface area contributed by atoms with Crippen LogP contribution in [0.5, 0.6) is 5.75 Å². The molecule has 0 atom stereocenters. The zero-order chi connectivity index (χ0) is 13.8. The van der Waals surface area contributed by atoms with Crippen molar-refractivity contribution in [3.63, 3.8) is 0 Å². The zero-order valence-corrected chi connectivity index (χ0v) is 12.3. The van der Waals surface area contributed by atoms with E-state index in [9.17, 15) is 0 Å². The second kappa shape index (κ2) is 6.21. The van der Waals surface area contributed by atoms with Gasteiger partial charge in [-0.25, -0.2) is 0 Å². The molecule has 3 nitrogen and oxygen atoms in total. The molecule has 3 heteroatoms. The molecule has 0 radical (unpaired) electrons. The van der Waals surface area contributed by atoms with Gasteiger partial charge in [0.25, 0.3) is 0 Å². The van der Waals surface area contributed by atoms with Crippen LogP contribution in [0.1, 0.15) is 30.5 Å². The van der Waals surface area contributed by atoms with Crippen LogP contribution in [0.25, 0.3) is 0 Å². The van der Waals surface area contributed by atoms with Crippen LogP contribution in [-0.2, 0) is 6.42 Å². The van der Waals surface area contributed by atoms with Gasteiger partial charge in [-0.2, -0.15) is 0 Å². The van der Waals surface area contributed by atoms with Crippen LogP contribution in [0.4, 0.5) is 0 Å². The van der Waals surface area contributed by atoms with E-state index in [1.807, 2.05) is 13.8 Å². The number of rotatable bonds is 6. The summed E-state index contributed by atoms with van der Waals surface area (Å²) in [5.74, 6) is 0.979. The Bertz CT molecular complexity index is 394. The van der Waals surface area contributed by atoms with Crippen molar-refractivity contribution in [2.75, 3.05) is 20.2 Å². The zero-order valence-electron chi connectivity index (χ0n) is 12.3. The molecule has 0 fully saturated rings. The summed E-state index contributed by atoms with van der Waals surface area (Å²) >= 11 is 0. The maximum Gasteiger partial charge on any atom is 0.122 e. The van der Waals surface area contributed by atoms with Gasteiger partial charge in [-0.3, -0.25) is 0 Å². The molecule has 0 spiro atoms. The molecule has 0 aliphatic rings. The summed E-state index contributed by atoms with van der Waals surface area (Å²) in [6, 6.07) is 4.32. The second-order valence-electron chi connectivity index (χ2n) is 5.66. The average Bonchev–Trinajstić information content (AvgIpc) is 2.27. The predicted molar refractivity (Wildman–Crippen MR) is 77.3 cm³/mol. The molecule has 0 bridgehead atoms. The van der Waals surface area contributed by atoms with Gasteiger partial charge in [0.2, 0.25) is 0 Å². The molecule has 0 saturated carbocycles. The van der Waals surface area contributed by atoms with Crippen LogP contribution >= 0.6 is 0 Å². The molecule has 0 unspecified atom stereocenters. The van der Waals surface area contributed by atoms with Crippen molar-refractivity contribution in [2.24, 2.45) is 5.73 Å². The molecule has 18 heavy (non-hydrogen) atoms. The third kappa shape index (κ3) is 4.67. The highest BCUT2D eigenvalue weighted by Crippen LogP contribution is 2.23. The third-order valence-electron chi connectivity index (χ3n) is 3.05. The van der Waals surface area contributed by atoms with Crippen molar-refractivity contribution in [3.8, 4) is 5.75 Å². The van der Waals surface area contributed by atoms with Gasteiger partial charge in [-0.15, -0.1) is 0 Å². The lowest BCUT2D eigenvalue weighted by Gasteiger charge is -2.19. The normalized spacial score (nSPS) is 11.7. The fourth-order valence-electron chi connectivity index (χ4n) is 1.87. The minimum atomic E-state index is -0.159. The van der Waals surface area contributed by atoms with Crippen molar-refractivity contribution in [2.45, 2.75) is 39.7 Å². The molecule has 102 valence electrons. The summed E-state index contributed by atoms with van der Waals surface area (Å²) in [7, 11) is 1.73. The monoisotopic (exact) mass is 250 g/mol. The maximum absolute atomic E-state index is 5.93. The highest BCUT2D eigenvalue weighted by atomic mass is 16.5. The number of nitrogens with two attached hydrogens (primary N) is 1. The van der Waals surface area contributed by atoms with Gasteiger partial charge >= 0.3 is 0 Å². The molecule has 0 saturated heterocycles. The van der Waals surface area contributed by atoms with Gasteiger partial charge in [0.05, 0.1) is 7.11 Å². The summed E-state index contributed by atoms with van der Waals surface area (Å²) in [5.41, 5.74) is 9.60. The fraction of sp³-hybridized carbons (Fsp3) is 0.600. The SMILES string of the molecule is COc1cc(C)c(C)cc1CCNCC(C)(C)N. The van der Waals surface area contributed by atoms with Gasteiger partial charge in [0, 0.05) is 12.1 Å². The molecule has 0 aromatic heterocycles. The molecule has 0 amide bonds. The Kier molecular flexibility index (Phi) is 5.17. The number of ether oxygens (including phenoxy) is 1. The second-order valence-corrected chi connectivity index (χ2v) is 5.66. The molecule has 1 aromatic rings. The van der Waals surface area contributed by atoms with Gasteiger partial charge in [0.1, 0.15) is 5.75 Å². The van der Waals surface area contributed by atoms with E-state index in [2.05, 4.69) is 31.3 Å². The van der Waals surface area contributed by atoms with Gasteiger partial charge in [-0.05, 0) is 63.4 Å². The number of aryl methyl sites for hydroxylation is 2. The first-order chi connectivity index (χ1) is 8.33. The Balaban J connectivity index is 2.59. The molecule has 0 heterocycles. The van der Waals surface area contributed by atoms with E-state index < -0.39 is 0 Å². The first kappa shape index (κ1) is 15.0. The molecular weight excluding hydrogens is 224 g/mol. The third-order valence-corrected chi connectivity index (χ3v) is 3.05. The van der Waals surface area contributed by atoms with E-state index in [-0.39, 0.29) is 5.54 Å². The molecular formula is C15H26N2O. The van der Waals surface area contributed by atoms with Gasteiger partial charge < -0.3 is 15.8 Å². The van der Waals surface area contributed by atoms with E-state index in [0.717, 1.165) is 25.3 Å². The van der Waals surface area contributed by atoms with Crippen LogP contribution in [0.3, 0.4) is 0 Å². The lowest BCUT2D eigenvalue weighted by Crippen LogP contribution is -2.43. The minimum absolute atomic E-state index is 0.159. The molecule has 3 N–H and O–H groups in total. The standard InChI is InChI=1S/C15H26N2O/c1-11-8-13(14(18-5)9-12(11)2)6-7-17-10-15(3,4)16/h8-9,17H,6-7,10,16H2,1-5H3. The predicted octanol–water partition coefficient (Wildman–Crippen LogP) is 2.18. The van der Waals surface area contributed by atoms with Crippen molar-refractivity contribution in [1.82, 2.24) is 5.32 Å². The van der Waals surface area contributed by atoms with Crippen molar-refractivity contribution in [3.05, 3.63) is 28.8 Å². The average molecular weight is 250 g/mol. The highest BCUT2D eigenvalue weighted by molar-refractivity contribution is 5.41. The summed E-state index contributed by atoms with van der Waals surface area (Å²) in [6.07, 6.45) is 0.959. The smallest absolute Gasteiger partial charge is 0.122 e. The number of hydrogen-bond acceptors (Lipinski definition) is 3. The minimum Gasteiger partial charge on any atom is -0.496 e. The Labute approximate surface area is 111 Å². The molecule has 1 aromatic carbocycles. The topological polar surface area (TPSA) is 47.3 Å². The summed E-state index contributed by atoms with van der Waals surface area (Å²) in [6.45, 7) is 10.0. The van der Waals surface area contributed by atoms with Crippen LogP contribution < -0.4 is 15.8 Å². The number of methoxy groups -OCH3 is 1. The summed E-state index contributed by atoms with van der Waals surface area (Å²) in [5, 5.41) is 3.38. The lowest BCUT2D eigenvalue weighted by atomic mass is 10.0. The van der Waals surface area contributed by atoms with E-state index in [1.165, 1.54) is 16.7 Å². The van der Waals surface area contributed by atoms with Crippen LogP contribution in [-0.4, -0.2) is 25.7 Å². The van der Waals surface area contributed by atoms with E-state index in [4.69, 9.17) is 10.5 Å². The van der Waals surface area contributed by atoms with Crippen molar-refractivity contribution in [1.29, 1.82) is 0 Å². The van der Waals surface area contributed by atoms with E-state index in [0.29, 0.717) is 0 Å². The van der Waals surface area contributed by atoms with Gasteiger partial charge in [0.15, 0.2) is 0 Å². The summed E-state index contributed by atoms with van der Waals surface area (Å²) in [4.78, 5) is 0. The Hall–Kier alpha value is -1.06. The lowest BCUT2D eigenvalue weighted by molar-refractivity contribution is 0.407. The molecule has 0 aliphatic heterocycles. The fourth-order valence-corrected chi connectivity index (χ4v) is 1.87. The highest BCUT2D eigenvalue weighted by Gasteiger charge is 2.10. The maximum atomic E-state index is 5.93. The van der Waals surface area contributed by atoms with Crippen LogP contribution in [0, 0.1) is 13.8 Å².